The van der Waals surface area contributed by atoms with Crippen molar-refractivity contribution < 1.29 is 28.8 Å². The van der Waals surface area contributed by atoms with Crippen LogP contribution < -0.4 is 5.32 Å². The highest BCUT2D eigenvalue weighted by atomic mass is 16.6. The number of ketones is 1. The van der Waals surface area contributed by atoms with Crippen LogP contribution in [0.25, 0.3) is 0 Å². The topological polar surface area (TPSA) is 125 Å². The summed E-state index contributed by atoms with van der Waals surface area (Å²) in [7, 11) is 1.22. The molecule has 0 unspecified atom stereocenters. The van der Waals surface area contributed by atoms with Gasteiger partial charge in [0, 0.05) is 35.0 Å². The van der Waals surface area contributed by atoms with E-state index in [4.69, 9.17) is 9.47 Å². The Labute approximate surface area is 185 Å². The fourth-order valence-corrected chi connectivity index (χ4v) is 4.38. The van der Waals surface area contributed by atoms with Crippen LogP contribution in [-0.2, 0) is 23.9 Å². The van der Waals surface area contributed by atoms with Crippen LogP contribution in [0.15, 0.2) is 46.8 Å². The molecule has 9 heteroatoms. The van der Waals surface area contributed by atoms with E-state index in [1.807, 2.05) is 0 Å². The first-order valence-electron chi connectivity index (χ1n) is 10.3. The van der Waals surface area contributed by atoms with Crippen molar-refractivity contribution in [2.24, 2.45) is 11.8 Å². The first-order chi connectivity index (χ1) is 15.1. The van der Waals surface area contributed by atoms with E-state index in [2.05, 4.69) is 5.32 Å². The maximum absolute atomic E-state index is 13.6. The van der Waals surface area contributed by atoms with Crippen LogP contribution in [0.2, 0.25) is 0 Å². The van der Waals surface area contributed by atoms with Crippen molar-refractivity contribution in [1.82, 2.24) is 5.32 Å². The average Bonchev–Trinajstić information content (AvgIpc) is 2.71. The fraction of sp³-hybridized carbons (Fsp3) is 0.435. The molecule has 3 atom stereocenters. The van der Waals surface area contributed by atoms with E-state index in [-0.39, 0.29) is 22.8 Å². The van der Waals surface area contributed by atoms with Gasteiger partial charge < -0.3 is 14.8 Å². The molecule has 0 bridgehead atoms. The van der Waals surface area contributed by atoms with Crippen molar-refractivity contribution in [1.29, 1.82) is 0 Å². The zero-order valence-electron chi connectivity index (χ0n) is 18.6. The molecule has 32 heavy (non-hydrogen) atoms. The Kier molecular flexibility index (Phi) is 6.47. The third-order valence-corrected chi connectivity index (χ3v) is 5.72. The lowest BCUT2D eigenvalue weighted by atomic mass is 9.69. The van der Waals surface area contributed by atoms with Crippen LogP contribution in [-0.4, -0.2) is 35.9 Å². The number of esters is 2. The Bertz CT molecular complexity index is 1050. The number of carbonyl (C=O) groups is 3. The molecule has 0 aromatic heterocycles. The average molecular weight is 442 g/mol. The van der Waals surface area contributed by atoms with Gasteiger partial charge in [-0.05, 0) is 38.7 Å². The Morgan fingerprint density at radius 3 is 2.56 bits per heavy atom. The van der Waals surface area contributed by atoms with Gasteiger partial charge in [-0.2, -0.15) is 0 Å². The van der Waals surface area contributed by atoms with E-state index in [1.165, 1.54) is 25.3 Å². The van der Waals surface area contributed by atoms with Crippen molar-refractivity contribution in [3.8, 4) is 0 Å². The second-order valence-corrected chi connectivity index (χ2v) is 8.34. The normalized spacial score (nSPS) is 22.9. The second kappa shape index (κ2) is 8.94. The standard InChI is InChI=1S/C23H26N2O7/c1-11(2)32-23(28)18-13(4)24-16-9-12(3)17(22(27)31-5)21(26)20(16)19(18)14-7-6-8-15(10-14)25(29)30/h6-8,10-12,17,19,24H,9H2,1-5H3/t12-,17+,19-/m1/s1. The number of allylic oxidation sites excluding steroid dienone is 3. The van der Waals surface area contributed by atoms with Crippen molar-refractivity contribution in [3.63, 3.8) is 0 Å². The quantitative estimate of drug-likeness (QED) is 0.319. The molecular formula is C23H26N2O7. The van der Waals surface area contributed by atoms with E-state index in [1.54, 1.807) is 33.8 Å². The van der Waals surface area contributed by atoms with E-state index in [0.29, 0.717) is 23.4 Å². The zero-order valence-corrected chi connectivity index (χ0v) is 18.6. The third-order valence-electron chi connectivity index (χ3n) is 5.72. The van der Waals surface area contributed by atoms with Crippen LogP contribution in [0.4, 0.5) is 5.69 Å². The summed E-state index contributed by atoms with van der Waals surface area (Å²) in [4.78, 5) is 49.9. The van der Waals surface area contributed by atoms with Gasteiger partial charge in [0.15, 0.2) is 5.78 Å². The molecule has 9 nitrogen and oxygen atoms in total. The predicted molar refractivity (Wildman–Crippen MR) is 114 cm³/mol. The summed E-state index contributed by atoms with van der Waals surface area (Å²) in [5, 5.41) is 14.5. The molecule has 0 spiro atoms. The zero-order chi connectivity index (χ0) is 23.7. The van der Waals surface area contributed by atoms with Crippen LogP contribution in [0, 0.1) is 22.0 Å². The summed E-state index contributed by atoms with van der Waals surface area (Å²) < 4.78 is 10.3. The summed E-state index contributed by atoms with van der Waals surface area (Å²) in [5.41, 5.74) is 1.75. The maximum atomic E-state index is 13.6. The predicted octanol–water partition coefficient (Wildman–Crippen LogP) is 3.16. The van der Waals surface area contributed by atoms with Crippen molar-refractivity contribution in [3.05, 3.63) is 62.5 Å². The number of hydrogen-bond acceptors (Lipinski definition) is 8. The van der Waals surface area contributed by atoms with Gasteiger partial charge >= 0.3 is 11.9 Å². The molecule has 0 radical (unpaired) electrons. The number of ether oxygens (including phenoxy) is 2. The third kappa shape index (κ3) is 4.15. The van der Waals surface area contributed by atoms with Gasteiger partial charge in [0.1, 0.15) is 5.92 Å². The smallest absolute Gasteiger partial charge is 0.337 e. The lowest BCUT2D eigenvalue weighted by Crippen LogP contribution is -2.43. The number of nitrogens with one attached hydrogen (secondary N) is 1. The molecule has 0 saturated carbocycles. The lowest BCUT2D eigenvalue weighted by Gasteiger charge is -2.38. The van der Waals surface area contributed by atoms with Crippen LogP contribution in [0.5, 0.6) is 0 Å². The highest BCUT2D eigenvalue weighted by Crippen LogP contribution is 2.46. The van der Waals surface area contributed by atoms with Gasteiger partial charge in [-0.25, -0.2) is 4.79 Å². The number of nitro benzene ring substituents is 1. The Morgan fingerprint density at radius 2 is 1.97 bits per heavy atom. The Morgan fingerprint density at radius 1 is 1.28 bits per heavy atom. The molecule has 0 fully saturated rings. The Hall–Kier alpha value is -3.49. The number of Topliss-reactive ketones (excluding diaryl/α,β-unsaturated/α-hetero) is 1. The van der Waals surface area contributed by atoms with Gasteiger partial charge in [0.2, 0.25) is 0 Å². The van der Waals surface area contributed by atoms with E-state index in [0.717, 1.165) is 0 Å². The molecule has 170 valence electrons. The molecule has 3 rings (SSSR count). The molecule has 1 aromatic rings. The fourth-order valence-electron chi connectivity index (χ4n) is 4.38. The van der Waals surface area contributed by atoms with Crippen LogP contribution in [0.3, 0.4) is 0 Å². The molecule has 1 aliphatic carbocycles. The highest BCUT2D eigenvalue weighted by molar-refractivity contribution is 6.12. The van der Waals surface area contributed by atoms with Crippen molar-refractivity contribution in [2.75, 3.05) is 7.11 Å². The SMILES string of the molecule is COC(=O)[C@@H]1C(=O)C2=C(C[C@H]1C)NC(C)=C(C(=O)OC(C)C)[C@H]2c1cccc([N+](=O)[O-])c1. The minimum Gasteiger partial charge on any atom is -0.468 e. The maximum Gasteiger partial charge on any atom is 0.337 e. The van der Waals surface area contributed by atoms with E-state index < -0.39 is 40.6 Å². The molecule has 1 heterocycles. The molecule has 2 aliphatic rings. The summed E-state index contributed by atoms with van der Waals surface area (Å²) in [6.45, 7) is 6.90. The van der Waals surface area contributed by atoms with Crippen molar-refractivity contribution in [2.45, 2.75) is 46.1 Å². The van der Waals surface area contributed by atoms with Gasteiger partial charge in [-0.1, -0.05) is 19.1 Å². The number of nitrogens with zero attached hydrogens (tertiary/aromatic N) is 1. The summed E-state index contributed by atoms with van der Waals surface area (Å²) in [6.07, 6.45) is -0.0235. The van der Waals surface area contributed by atoms with Gasteiger partial charge in [0.05, 0.1) is 23.7 Å². The van der Waals surface area contributed by atoms with Gasteiger partial charge in [0.25, 0.3) is 5.69 Å². The number of nitro groups is 1. The van der Waals surface area contributed by atoms with E-state index in [9.17, 15) is 24.5 Å². The van der Waals surface area contributed by atoms with Gasteiger partial charge in [-0.15, -0.1) is 0 Å². The number of benzene rings is 1. The number of rotatable bonds is 5. The number of hydrogen-bond donors (Lipinski definition) is 1. The number of dihydropyridines is 1. The van der Waals surface area contributed by atoms with Crippen LogP contribution >= 0.6 is 0 Å². The largest absolute Gasteiger partial charge is 0.468 e. The van der Waals surface area contributed by atoms with Crippen LogP contribution in [0.1, 0.15) is 45.6 Å². The monoisotopic (exact) mass is 442 g/mol. The minimum absolute atomic E-state index is 0.168. The first kappa shape index (κ1) is 23.2. The highest BCUT2D eigenvalue weighted by Gasteiger charge is 2.47. The molecule has 1 aliphatic heterocycles. The Balaban J connectivity index is 2.22. The first-order valence-corrected chi connectivity index (χ1v) is 10.3. The molecule has 0 saturated heterocycles. The number of carbonyl (C=O) groups excluding carboxylic acids is 3. The number of methoxy groups -OCH3 is 1. The van der Waals surface area contributed by atoms with Gasteiger partial charge in [-0.3, -0.25) is 19.7 Å². The summed E-state index contributed by atoms with van der Waals surface area (Å²) >= 11 is 0. The summed E-state index contributed by atoms with van der Waals surface area (Å²) in [5.74, 6) is -3.99. The molecule has 1 aromatic carbocycles. The summed E-state index contributed by atoms with van der Waals surface area (Å²) in [6, 6.07) is 5.81. The van der Waals surface area contributed by atoms with Crippen molar-refractivity contribution >= 4 is 23.4 Å². The lowest BCUT2D eigenvalue weighted by molar-refractivity contribution is -0.384. The van der Waals surface area contributed by atoms with E-state index >= 15 is 0 Å². The molecule has 1 N–H and O–H groups in total. The molecule has 0 amide bonds. The second-order valence-electron chi connectivity index (χ2n) is 8.34. The minimum atomic E-state index is -1.03. The number of non-ortho nitro benzene ring substituents is 1. The molecular weight excluding hydrogens is 416 g/mol.